The summed E-state index contributed by atoms with van der Waals surface area (Å²) in [6, 6.07) is 14.5. The van der Waals surface area contributed by atoms with Crippen LogP contribution >= 0.6 is 7.81 Å². The number of aromatic nitrogens is 1. The van der Waals surface area contributed by atoms with Gasteiger partial charge in [0.05, 0.1) is 6.10 Å². The molecule has 2 aromatic heterocycles. The Morgan fingerprint density at radius 2 is 1.56 bits per heavy atom. The first-order valence-corrected chi connectivity index (χ1v) is 9.28. The molecule has 25 heavy (non-hydrogen) atoms. The molecule has 0 radical (unpaired) electrons. The maximum atomic E-state index is 9.87. The first-order valence-electron chi connectivity index (χ1n) is 7.25. The van der Waals surface area contributed by atoms with Gasteiger partial charge < -0.3 is 4.74 Å². The summed E-state index contributed by atoms with van der Waals surface area (Å²) >= 11 is 0. The van der Waals surface area contributed by atoms with Gasteiger partial charge in [0.25, 0.3) is 0 Å². The molecule has 0 N–H and O–H groups in total. The van der Waals surface area contributed by atoms with E-state index < -0.39 is 7.81 Å². The molecule has 1 aromatic carbocycles. The average molecular weight is 383 g/mol. The molecule has 2 nitrogen and oxygen atoms in total. The van der Waals surface area contributed by atoms with Crippen LogP contribution in [0.25, 0.3) is 16.3 Å². The summed E-state index contributed by atoms with van der Waals surface area (Å²) in [7, 11) is -10.7. The van der Waals surface area contributed by atoms with Gasteiger partial charge in [0.2, 0.25) is 5.52 Å². The molecule has 0 saturated heterocycles. The zero-order valence-corrected chi connectivity index (χ0v) is 14.2. The van der Waals surface area contributed by atoms with Gasteiger partial charge >= 0.3 is 33.0 Å². The molecule has 3 rings (SSSR count). The molecule has 2 heterocycles. The Labute approximate surface area is 139 Å². The van der Waals surface area contributed by atoms with Gasteiger partial charge in [0, 0.05) is 29.0 Å². The van der Waals surface area contributed by atoms with E-state index in [0.29, 0.717) is 0 Å². The van der Waals surface area contributed by atoms with Crippen molar-refractivity contribution in [2.24, 2.45) is 0 Å². The normalized spacial score (nSPS) is 14.6. The number of hydrogen-bond donors (Lipinski definition) is 0. The minimum absolute atomic E-state index is 0.190. The summed E-state index contributed by atoms with van der Waals surface area (Å²) in [4.78, 5) is 0. The van der Waals surface area contributed by atoms with Crippen molar-refractivity contribution in [1.29, 1.82) is 0 Å². The molecule has 0 unspecified atom stereocenters. The Hall–Kier alpha value is -2.08. The number of ether oxygens (including phenoxy) is 1. The number of nitrogens with zero attached hydrogens (tertiary/aromatic N) is 1. The van der Waals surface area contributed by atoms with Crippen molar-refractivity contribution in [3.8, 4) is 5.75 Å². The van der Waals surface area contributed by atoms with E-state index in [0.717, 1.165) is 11.1 Å². The minimum atomic E-state index is -10.7. The van der Waals surface area contributed by atoms with Gasteiger partial charge in [-0.3, -0.25) is 0 Å². The Morgan fingerprint density at radius 1 is 0.920 bits per heavy atom. The van der Waals surface area contributed by atoms with Crippen LogP contribution in [0.15, 0.2) is 54.9 Å². The monoisotopic (exact) mass is 383 g/mol. The van der Waals surface area contributed by atoms with Crippen LogP contribution in [0.1, 0.15) is 13.8 Å². The fourth-order valence-corrected chi connectivity index (χ4v) is 2.19. The van der Waals surface area contributed by atoms with Crippen molar-refractivity contribution in [2.45, 2.75) is 20.0 Å². The molecule has 0 spiro atoms. The van der Waals surface area contributed by atoms with Crippen LogP contribution < -0.4 is 9.14 Å². The summed E-state index contributed by atoms with van der Waals surface area (Å²) in [5.41, 5.74) is 1.17. The third-order valence-corrected chi connectivity index (χ3v) is 2.96. The van der Waals surface area contributed by atoms with Crippen molar-refractivity contribution in [1.82, 2.24) is 0 Å². The third-order valence-electron chi connectivity index (χ3n) is 2.96. The van der Waals surface area contributed by atoms with Crippen molar-refractivity contribution in [3.63, 3.8) is 0 Å². The van der Waals surface area contributed by atoms with E-state index in [1.54, 1.807) is 0 Å². The zero-order chi connectivity index (χ0) is 18.9. The van der Waals surface area contributed by atoms with Gasteiger partial charge in [0.15, 0.2) is 12.4 Å². The second-order valence-corrected chi connectivity index (χ2v) is 7.61. The fourth-order valence-electron chi connectivity index (χ4n) is 2.19. The Morgan fingerprint density at radius 3 is 2.16 bits per heavy atom. The molecule has 0 bridgehead atoms. The molecule has 0 fully saturated rings. The summed E-state index contributed by atoms with van der Waals surface area (Å²) in [5, 5.41) is 2.36. The number of fused-ring (bicyclic) bond motifs is 2. The molecular weight excluding hydrogens is 367 g/mol. The average Bonchev–Trinajstić information content (AvgIpc) is 2.42. The number of hydrogen-bond acceptors (Lipinski definition) is 1. The van der Waals surface area contributed by atoms with Crippen LogP contribution in [0.3, 0.4) is 0 Å². The summed E-state index contributed by atoms with van der Waals surface area (Å²) in [5.74, 6) is 0.953. The predicted octanol–water partition coefficient (Wildman–Crippen LogP) is 6.75. The summed E-state index contributed by atoms with van der Waals surface area (Å²) in [6.45, 7) is 4.10. The van der Waals surface area contributed by atoms with Gasteiger partial charge in [-0.05, 0) is 32.0 Å². The maximum absolute atomic E-state index is 10.7. The molecule has 0 aliphatic carbocycles. The number of pyridine rings is 2. The second-order valence-electron chi connectivity index (χ2n) is 5.69. The Bertz CT molecular complexity index is 898. The molecule has 0 aliphatic heterocycles. The van der Waals surface area contributed by atoms with Crippen LogP contribution in [0.4, 0.5) is 25.2 Å². The van der Waals surface area contributed by atoms with Crippen molar-refractivity contribution in [3.05, 3.63) is 54.9 Å². The first-order chi connectivity index (χ1) is 11.2. The van der Waals surface area contributed by atoms with Gasteiger partial charge in [-0.2, -0.15) is 4.40 Å². The number of benzene rings is 1. The van der Waals surface area contributed by atoms with Gasteiger partial charge in [-0.15, -0.1) is 0 Å². The first kappa shape index (κ1) is 19.2. The van der Waals surface area contributed by atoms with Gasteiger partial charge in [-0.25, -0.2) is 0 Å². The zero-order valence-electron chi connectivity index (χ0n) is 13.3. The molecule has 0 saturated carbocycles. The number of rotatable bonds is 2. The van der Waals surface area contributed by atoms with Gasteiger partial charge in [0.1, 0.15) is 5.75 Å². The molecule has 0 atom stereocenters. The van der Waals surface area contributed by atoms with Gasteiger partial charge in [-0.1, -0.05) is 6.07 Å². The van der Waals surface area contributed by atoms with Crippen molar-refractivity contribution >= 4 is 24.1 Å². The van der Waals surface area contributed by atoms with E-state index in [2.05, 4.69) is 48.8 Å². The second kappa shape index (κ2) is 5.73. The Kier molecular flexibility index (Phi) is 4.41. The van der Waals surface area contributed by atoms with Crippen LogP contribution in [-0.2, 0) is 0 Å². The van der Waals surface area contributed by atoms with E-state index in [4.69, 9.17) is 4.74 Å². The predicted molar refractivity (Wildman–Crippen MR) is 86.4 cm³/mol. The van der Waals surface area contributed by atoms with E-state index in [-0.39, 0.29) is 6.10 Å². The van der Waals surface area contributed by atoms with Crippen LogP contribution in [0.2, 0.25) is 0 Å². The molecule has 0 aliphatic rings. The van der Waals surface area contributed by atoms with Crippen molar-refractivity contribution in [2.75, 3.05) is 0 Å². The molecule has 0 amide bonds. The summed E-state index contributed by atoms with van der Waals surface area (Å²) < 4.78 is 67.2. The molecule has 3 aromatic rings. The molecule has 138 valence electrons. The molecular formula is C16H16F6NOP. The van der Waals surface area contributed by atoms with Crippen LogP contribution in [-0.4, -0.2) is 6.10 Å². The van der Waals surface area contributed by atoms with E-state index in [9.17, 15) is 25.2 Å². The standard InChI is InChI=1S/C16H16NO.F6P/c1-12(2)18-16-8-5-6-13-11-17-9-4-3-7-14(17)10-15(13)16;1-7(2,3,4,5)6/h3-12H,1-2H3;/q+1;-1. The fraction of sp³-hybridized carbons (Fsp3) is 0.188. The third kappa shape index (κ3) is 7.13. The SMILES string of the molecule is CC(C)Oc1cccc2c[n+]3ccccc3cc12.F[P-](F)(F)(F)(F)F. The summed E-state index contributed by atoms with van der Waals surface area (Å²) in [6.07, 6.45) is 4.39. The van der Waals surface area contributed by atoms with Crippen molar-refractivity contribution < 1.29 is 34.3 Å². The van der Waals surface area contributed by atoms with E-state index in [1.807, 2.05) is 24.3 Å². The number of halogens is 6. The topological polar surface area (TPSA) is 13.3 Å². The van der Waals surface area contributed by atoms with Crippen LogP contribution in [0, 0.1) is 0 Å². The van der Waals surface area contributed by atoms with Crippen LogP contribution in [0.5, 0.6) is 5.75 Å². The molecule has 9 heteroatoms. The van der Waals surface area contributed by atoms with E-state index >= 15 is 0 Å². The Balaban J connectivity index is 0.000000277. The quantitative estimate of drug-likeness (QED) is 0.207. The van der Waals surface area contributed by atoms with E-state index in [1.165, 1.54) is 10.9 Å².